The van der Waals surface area contributed by atoms with Crippen LogP contribution in [0.15, 0.2) is 0 Å². The lowest BCUT2D eigenvalue weighted by atomic mass is 9.76. The Kier molecular flexibility index (Phi) is 3.93. The van der Waals surface area contributed by atoms with E-state index in [1.54, 1.807) is 0 Å². The molecule has 1 aliphatic carbocycles. The third kappa shape index (κ3) is 2.38. The molecule has 0 aromatic heterocycles. The van der Waals surface area contributed by atoms with Crippen LogP contribution in [0.2, 0.25) is 0 Å². The van der Waals surface area contributed by atoms with Gasteiger partial charge in [0.15, 0.2) is 0 Å². The molecule has 1 heterocycles. The molecule has 0 radical (unpaired) electrons. The monoisotopic (exact) mass is 252 g/mol. The van der Waals surface area contributed by atoms with Crippen molar-refractivity contribution in [2.75, 3.05) is 6.54 Å². The van der Waals surface area contributed by atoms with E-state index in [0.29, 0.717) is 11.8 Å². The lowest BCUT2D eigenvalue weighted by Crippen LogP contribution is -2.62. The van der Waals surface area contributed by atoms with Crippen molar-refractivity contribution < 1.29 is 9.59 Å². The van der Waals surface area contributed by atoms with Crippen LogP contribution in [0.1, 0.15) is 46.5 Å². The van der Waals surface area contributed by atoms with Gasteiger partial charge < -0.3 is 10.2 Å². The van der Waals surface area contributed by atoms with Crippen LogP contribution in [0.3, 0.4) is 0 Å². The second kappa shape index (κ2) is 5.29. The Hall–Kier alpha value is -1.06. The molecule has 2 fully saturated rings. The van der Waals surface area contributed by atoms with E-state index in [1.165, 1.54) is 19.3 Å². The summed E-state index contributed by atoms with van der Waals surface area (Å²) < 4.78 is 0. The highest BCUT2D eigenvalue weighted by molar-refractivity contribution is 5.94. The van der Waals surface area contributed by atoms with Crippen LogP contribution >= 0.6 is 0 Å². The first-order chi connectivity index (χ1) is 8.52. The Labute approximate surface area is 109 Å². The summed E-state index contributed by atoms with van der Waals surface area (Å²) >= 11 is 0. The Morgan fingerprint density at radius 2 is 1.89 bits per heavy atom. The van der Waals surface area contributed by atoms with E-state index < -0.39 is 0 Å². The van der Waals surface area contributed by atoms with Crippen LogP contribution in [0, 0.1) is 11.8 Å². The van der Waals surface area contributed by atoms with Gasteiger partial charge in [-0.1, -0.05) is 26.7 Å². The van der Waals surface area contributed by atoms with E-state index in [0.717, 1.165) is 6.42 Å². The first-order valence-corrected chi connectivity index (χ1v) is 7.11. The van der Waals surface area contributed by atoms with Crippen molar-refractivity contribution in [2.45, 2.75) is 58.5 Å². The van der Waals surface area contributed by atoms with Gasteiger partial charge in [0.05, 0.1) is 6.54 Å². The molecule has 1 aliphatic heterocycles. The number of carbonyl (C=O) groups is 2. The second-order valence-corrected chi connectivity index (χ2v) is 5.95. The molecule has 1 saturated heterocycles. The normalized spacial score (nSPS) is 33.8. The summed E-state index contributed by atoms with van der Waals surface area (Å²) in [4.78, 5) is 25.8. The van der Waals surface area contributed by atoms with Gasteiger partial charge in [-0.2, -0.15) is 0 Å². The number of rotatable bonds is 2. The first-order valence-electron chi connectivity index (χ1n) is 7.11. The minimum Gasteiger partial charge on any atom is -0.345 e. The predicted octanol–water partition coefficient (Wildman–Crippen LogP) is 1.55. The highest BCUT2D eigenvalue weighted by Crippen LogP contribution is 2.35. The Bertz CT molecular complexity index is 341. The molecule has 3 unspecified atom stereocenters. The van der Waals surface area contributed by atoms with Gasteiger partial charge >= 0.3 is 0 Å². The molecule has 4 nitrogen and oxygen atoms in total. The van der Waals surface area contributed by atoms with E-state index in [2.05, 4.69) is 19.2 Å². The van der Waals surface area contributed by atoms with Crippen molar-refractivity contribution in [1.82, 2.24) is 10.2 Å². The molecular weight excluding hydrogens is 228 g/mol. The minimum absolute atomic E-state index is 0.0114. The predicted molar refractivity (Wildman–Crippen MR) is 69.9 cm³/mol. The van der Waals surface area contributed by atoms with Gasteiger partial charge in [-0.05, 0) is 31.6 Å². The van der Waals surface area contributed by atoms with Gasteiger partial charge in [-0.15, -0.1) is 0 Å². The van der Waals surface area contributed by atoms with Crippen LogP contribution in [-0.4, -0.2) is 35.3 Å². The number of hydrogen-bond acceptors (Lipinski definition) is 2. The number of nitrogens with one attached hydrogen (secondary N) is 1. The molecule has 18 heavy (non-hydrogen) atoms. The zero-order valence-corrected chi connectivity index (χ0v) is 11.6. The van der Waals surface area contributed by atoms with Crippen molar-refractivity contribution in [1.29, 1.82) is 0 Å². The molecule has 0 spiro atoms. The summed E-state index contributed by atoms with van der Waals surface area (Å²) in [5, 5.41) is 2.66. The van der Waals surface area contributed by atoms with Crippen LogP contribution < -0.4 is 5.32 Å². The molecule has 0 aromatic carbocycles. The second-order valence-electron chi connectivity index (χ2n) is 5.95. The molecule has 2 amide bonds. The summed E-state index contributed by atoms with van der Waals surface area (Å²) in [6, 6.07) is -0.0529. The molecule has 2 aliphatic rings. The molecule has 1 saturated carbocycles. The van der Waals surface area contributed by atoms with E-state index in [1.807, 2.05) is 11.8 Å². The fourth-order valence-corrected chi connectivity index (χ4v) is 3.48. The van der Waals surface area contributed by atoms with Crippen molar-refractivity contribution in [2.24, 2.45) is 11.8 Å². The first kappa shape index (κ1) is 13.4. The summed E-state index contributed by atoms with van der Waals surface area (Å²) in [5.74, 6) is 1.18. The topological polar surface area (TPSA) is 49.4 Å². The SMILES string of the molecule is CC(C)C1CCCCC1N1C(=O)CNC(=O)C1C. The minimum atomic E-state index is -0.310. The van der Waals surface area contributed by atoms with Gasteiger partial charge in [-0.3, -0.25) is 9.59 Å². The van der Waals surface area contributed by atoms with E-state index in [-0.39, 0.29) is 30.4 Å². The average molecular weight is 252 g/mol. The Morgan fingerprint density at radius 1 is 1.22 bits per heavy atom. The molecule has 0 aromatic rings. The van der Waals surface area contributed by atoms with E-state index in [4.69, 9.17) is 0 Å². The van der Waals surface area contributed by atoms with Gasteiger partial charge in [-0.25, -0.2) is 0 Å². The number of amides is 2. The standard InChI is InChI=1S/C14H24N2O2/c1-9(2)11-6-4-5-7-12(11)16-10(3)14(18)15-8-13(16)17/h9-12H,4-8H2,1-3H3,(H,15,18). The highest BCUT2D eigenvalue weighted by Gasteiger charge is 2.40. The summed E-state index contributed by atoms with van der Waals surface area (Å²) in [6.45, 7) is 6.47. The van der Waals surface area contributed by atoms with Crippen LogP contribution in [0.4, 0.5) is 0 Å². The maximum absolute atomic E-state index is 12.1. The van der Waals surface area contributed by atoms with Gasteiger partial charge in [0.25, 0.3) is 0 Å². The number of piperazine rings is 1. The number of carbonyl (C=O) groups excluding carboxylic acids is 2. The van der Waals surface area contributed by atoms with Gasteiger partial charge in [0.2, 0.25) is 11.8 Å². The van der Waals surface area contributed by atoms with Crippen molar-refractivity contribution in [3.05, 3.63) is 0 Å². The van der Waals surface area contributed by atoms with Crippen molar-refractivity contribution in [3.63, 3.8) is 0 Å². The third-order valence-corrected chi connectivity index (χ3v) is 4.49. The third-order valence-electron chi connectivity index (χ3n) is 4.49. The lowest BCUT2D eigenvalue weighted by Gasteiger charge is -2.45. The molecule has 2 rings (SSSR count). The highest BCUT2D eigenvalue weighted by atomic mass is 16.2. The maximum atomic E-state index is 12.1. The molecular formula is C14H24N2O2. The quantitative estimate of drug-likeness (QED) is 0.810. The fourth-order valence-electron chi connectivity index (χ4n) is 3.48. The average Bonchev–Trinajstić information content (AvgIpc) is 2.35. The van der Waals surface area contributed by atoms with Gasteiger partial charge in [0.1, 0.15) is 6.04 Å². The number of hydrogen-bond donors (Lipinski definition) is 1. The molecule has 102 valence electrons. The zero-order valence-electron chi connectivity index (χ0n) is 11.6. The zero-order chi connectivity index (χ0) is 13.3. The molecule has 0 bridgehead atoms. The molecule has 1 N–H and O–H groups in total. The smallest absolute Gasteiger partial charge is 0.242 e. The fraction of sp³-hybridized carbons (Fsp3) is 0.857. The largest absolute Gasteiger partial charge is 0.345 e. The summed E-state index contributed by atoms with van der Waals surface area (Å²) in [6.07, 6.45) is 4.65. The van der Waals surface area contributed by atoms with Crippen molar-refractivity contribution >= 4 is 11.8 Å². The number of nitrogens with zero attached hydrogens (tertiary/aromatic N) is 1. The van der Waals surface area contributed by atoms with Crippen molar-refractivity contribution in [3.8, 4) is 0 Å². The van der Waals surface area contributed by atoms with Crippen LogP contribution in [0.5, 0.6) is 0 Å². The molecule has 4 heteroatoms. The lowest BCUT2D eigenvalue weighted by molar-refractivity contribution is -0.150. The van der Waals surface area contributed by atoms with Crippen LogP contribution in [0.25, 0.3) is 0 Å². The Balaban J connectivity index is 2.20. The van der Waals surface area contributed by atoms with E-state index in [9.17, 15) is 9.59 Å². The Morgan fingerprint density at radius 3 is 2.56 bits per heavy atom. The summed E-state index contributed by atoms with van der Waals surface area (Å²) in [7, 11) is 0. The van der Waals surface area contributed by atoms with E-state index >= 15 is 0 Å². The maximum Gasteiger partial charge on any atom is 0.242 e. The molecule has 3 atom stereocenters. The van der Waals surface area contributed by atoms with Crippen LogP contribution in [-0.2, 0) is 9.59 Å². The summed E-state index contributed by atoms with van der Waals surface area (Å²) in [5.41, 5.74) is 0. The van der Waals surface area contributed by atoms with Gasteiger partial charge in [0, 0.05) is 6.04 Å².